The van der Waals surface area contributed by atoms with Crippen LogP contribution >= 0.6 is 0 Å². The number of imide groups is 1. The van der Waals surface area contributed by atoms with E-state index in [1.165, 1.54) is 4.90 Å². The van der Waals surface area contributed by atoms with Crippen LogP contribution in [0, 0.1) is 0 Å². The van der Waals surface area contributed by atoms with Gasteiger partial charge in [-0.1, -0.05) is 0 Å². The Morgan fingerprint density at radius 1 is 1.35 bits per heavy atom. The van der Waals surface area contributed by atoms with E-state index < -0.39 is 6.04 Å². The zero-order chi connectivity index (χ0) is 12.3. The van der Waals surface area contributed by atoms with Crippen molar-refractivity contribution in [3.05, 3.63) is 0 Å². The van der Waals surface area contributed by atoms with Crippen molar-refractivity contribution in [1.29, 1.82) is 0 Å². The maximum atomic E-state index is 11.7. The van der Waals surface area contributed by atoms with Crippen molar-refractivity contribution in [3.63, 3.8) is 0 Å². The maximum Gasteiger partial charge on any atom is 0.246 e. The average Bonchev–Trinajstić information content (AvgIpc) is 2.81. The van der Waals surface area contributed by atoms with E-state index >= 15 is 0 Å². The lowest BCUT2D eigenvalue weighted by Gasteiger charge is -2.28. The SMILES string of the molecule is NC1CCC(=O)N(CCCC2CCCO2)C1=O. The van der Waals surface area contributed by atoms with Crippen molar-refractivity contribution in [2.24, 2.45) is 5.73 Å². The van der Waals surface area contributed by atoms with Crippen LogP contribution in [0.3, 0.4) is 0 Å². The highest BCUT2D eigenvalue weighted by Crippen LogP contribution is 2.18. The molecule has 0 aliphatic carbocycles. The molecule has 2 rings (SSSR count). The van der Waals surface area contributed by atoms with E-state index in [-0.39, 0.29) is 11.8 Å². The van der Waals surface area contributed by atoms with E-state index in [9.17, 15) is 9.59 Å². The summed E-state index contributed by atoms with van der Waals surface area (Å²) in [5.41, 5.74) is 5.66. The molecule has 0 aromatic rings. The average molecular weight is 240 g/mol. The number of hydrogen-bond acceptors (Lipinski definition) is 4. The highest BCUT2D eigenvalue weighted by molar-refractivity contribution is 6.00. The molecule has 2 aliphatic heterocycles. The second-order valence-corrected chi connectivity index (χ2v) is 4.81. The van der Waals surface area contributed by atoms with Gasteiger partial charge >= 0.3 is 0 Å². The minimum Gasteiger partial charge on any atom is -0.378 e. The third-order valence-electron chi connectivity index (χ3n) is 3.49. The van der Waals surface area contributed by atoms with Gasteiger partial charge in [0.15, 0.2) is 0 Å². The van der Waals surface area contributed by atoms with E-state index in [2.05, 4.69) is 0 Å². The molecule has 2 atom stereocenters. The Kier molecular flexibility index (Phi) is 4.12. The van der Waals surface area contributed by atoms with Gasteiger partial charge in [0.1, 0.15) is 0 Å². The van der Waals surface area contributed by atoms with Gasteiger partial charge in [0.05, 0.1) is 12.1 Å². The summed E-state index contributed by atoms with van der Waals surface area (Å²) in [7, 11) is 0. The Morgan fingerprint density at radius 3 is 2.88 bits per heavy atom. The Bertz CT molecular complexity index is 300. The van der Waals surface area contributed by atoms with Gasteiger partial charge in [-0.3, -0.25) is 14.5 Å². The third-order valence-corrected chi connectivity index (χ3v) is 3.49. The van der Waals surface area contributed by atoms with Crippen molar-refractivity contribution in [3.8, 4) is 0 Å². The molecule has 0 spiro atoms. The quantitative estimate of drug-likeness (QED) is 0.723. The lowest BCUT2D eigenvalue weighted by molar-refractivity contribution is -0.149. The van der Waals surface area contributed by atoms with Crippen LogP contribution in [-0.4, -0.2) is 42.0 Å². The number of likely N-dealkylation sites (tertiary alicyclic amines) is 1. The molecule has 17 heavy (non-hydrogen) atoms. The summed E-state index contributed by atoms with van der Waals surface area (Å²) in [6, 6.07) is -0.490. The lowest BCUT2D eigenvalue weighted by atomic mass is 10.0. The standard InChI is InChI=1S/C12H20N2O3/c13-10-5-6-11(15)14(12(10)16)7-1-3-9-4-2-8-17-9/h9-10H,1-8,13H2. The molecule has 2 saturated heterocycles. The van der Waals surface area contributed by atoms with Gasteiger partial charge < -0.3 is 10.5 Å². The van der Waals surface area contributed by atoms with Gasteiger partial charge in [0.25, 0.3) is 0 Å². The second kappa shape index (κ2) is 5.60. The van der Waals surface area contributed by atoms with Crippen molar-refractivity contribution in [2.45, 2.75) is 50.7 Å². The van der Waals surface area contributed by atoms with Crippen LogP contribution in [0.1, 0.15) is 38.5 Å². The van der Waals surface area contributed by atoms with Crippen LogP contribution in [0.4, 0.5) is 0 Å². The first kappa shape index (κ1) is 12.5. The number of nitrogens with zero attached hydrogens (tertiary/aromatic N) is 1. The zero-order valence-corrected chi connectivity index (χ0v) is 10.1. The van der Waals surface area contributed by atoms with Gasteiger partial charge in [0, 0.05) is 19.6 Å². The van der Waals surface area contributed by atoms with Crippen LogP contribution in [0.15, 0.2) is 0 Å². The Morgan fingerprint density at radius 2 is 2.18 bits per heavy atom. The van der Waals surface area contributed by atoms with Crippen molar-refractivity contribution in [2.75, 3.05) is 13.2 Å². The fraction of sp³-hybridized carbons (Fsp3) is 0.833. The van der Waals surface area contributed by atoms with Gasteiger partial charge in [-0.25, -0.2) is 0 Å². The second-order valence-electron chi connectivity index (χ2n) is 4.81. The fourth-order valence-corrected chi connectivity index (χ4v) is 2.44. The molecule has 2 aliphatic rings. The Balaban J connectivity index is 1.76. The van der Waals surface area contributed by atoms with E-state index in [0.717, 1.165) is 32.3 Å². The minimum atomic E-state index is -0.490. The Labute approximate surface area is 101 Å². The van der Waals surface area contributed by atoms with Crippen LogP contribution in [0.5, 0.6) is 0 Å². The molecular formula is C12H20N2O3. The first-order valence-corrected chi connectivity index (χ1v) is 6.40. The topological polar surface area (TPSA) is 72.6 Å². The maximum absolute atomic E-state index is 11.7. The highest BCUT2D eigenvalue weighted by atomic mass is 16.5. The van der Waals surface area contributed by atoms with Gasteiger partial charge in [0.2, 0.25) is 11.8 Å². The molecule has 2 unspecified atom stereocenters. The molecule has 0 radical (unpaired) electrons. The first-order chi connectivity index (χ1) is 8.18. The molecule has 0 aromatic carbocycles. The molecule has 0 aromatic heterocycles. The molecule has 2 amide bonds. The number of carbonyl (C=O) groups excluding carboxylic acids is 2. The van der Waals surface area contributed by atoms with Crippen molar-refractivity contribution in [1.82, 2.24) is 4.90 Å². The predicted molar refractivity (Wildman–Crippen MR) is 62.1 cm³/mol. The van der Waals surface area contributed by atoms with E-state index in [1.54, 1.807) is 0 Å². The van der Waals surface area contributed by atoms with Gasteiger partial charge in [-0.05, 0) is 32.1 Å². The molecular weight excluding hydrogens is 220 g/mol. The first-order valence-electron chi connectivity index (χ1n) is 6.40. The highest BCUT2D eigenvalue weighted by Gasteiger charge is 2.31. The summed E-state index contributed by atoms with van der Waals surface area (Å²) in [6.07, 6.45) is 5.16. The number of hydrogen-bond donors (Lipinski definition) is 1. The minimum absolute atomic E-state index is 0.0796. The summed E-state index contributed by atoms with van der Waals surface area (Å²) in [6.45, 7) is 1.34. The number of nitrogens with two attached hydrogens (primary N) is 1. The molecule has 2 heterocycles. The number of carbonyl (C=O) groups is 2. The molecule has 2 N–H and O–H groups in total. The molecule has 0 bridgehead atoms. The molecule has 5 heteroatoms. The summed E-state index contributed by atoms with van der Waals surface area (Å²) in [4.78, 5) is 24.6. The largest absolute Gasteiger partial charge is 0.378 e. The molecule has 5 nitrogen and oxygen atoms in total. The smallest absolute Gasteiger partial charge is 0.246 e. The number of ether oxygens (including phenoxy) is 1. The lowest BCUT2D eigenvalue weighted by Crippen LogP contribution is -2.51. The van der Waals surface area contributed by atoms with E-state index in [0.29, 0.717) is 25.5 Å². The molecule has 0 saturated carbocycles. The fourth-order valence-electron chi connectivity index (χ4n) is 2.44. The number of rotatable bonds is 4. The normalized spacial score (nSPS) is 30.1. The van der Waals surface area contributed by atoms with Crippen molar-refractivity contribution >= 4 is 11.8 Å². The summed E-state index contributed by atoms with van der Waals surface area (Å²) >= 11 is 0. The van der Waals surface area contributed by atoms with E-state index in [1.807, 2.05) is 0 Å². The third kappa shape index (κ3) is 3.04. The van der Waals surface area contributed by atoms with Crippen LogP contribution in [0.25, 0.3) is 0 Å². The van der Waals surface area contributed by atoms with Crippen LogP contribution in [-0.2, 0) is 14.3 Å². The summed E-state index contributed by atoms with van der Waals surface area (Å²) < 4.78 is 5.50. The van der Waals surface area contributed by atoms with Gasteiger partial charge in [-0.15, -0.1) is 0 Å². The number of amides is 2. The molecule has 2 fully saturated rings. The number of piperidine rings is 1. The van der Waals surface area contributed by atoms with Crippen LogP contribution in [0.2, 0.25) is 0 Å². The van der Waals surface area contributed by atoms with Crippen molar-refractivity contribution < 1.29 is 14.3 Å². The Hall–Kier alpha value is -0.940. The van der Waals surface area contributed by atoms with Gasteiger partial charge in [-0.2, -0.15) is 0 Å². The zero-order valence-electron chi connectivity index (χ0n) is 10.1. The summed E-state index contributed by atoms with van der Waals surface area (Å²) in [5.74, 6) is -0.294. The molecule has 96 valence electrons. The monoisotopic (exact) mass is 240 g/mol. The van der Waals surface area contributed by atoms with Crippen LogP contribution < -0.4 is 5.73 Å². The van der Waals surface area contributed by atoms with E-state index in [4.69, 9.17) is 10.5 Å². The summed E-state index contributed by atoms with van der Waals surface area (Å²) in [5, 5.41) is 0. The predicted octanol–water partition coefficient (Wildman–Crippen LogP) is 0.422.